The molecule has 4 aromatic heterocycles. The molecule has 37 heavy (non-hydrogen) atoms. The number of anilines is 1. The molecule has 10 nitrogen and oxygen atoms in total. The number of rotatable bonds is 5. The smallest absolute Gasteiger partial charge is 0.387 e. The number of hydrogen-bond donors (Lipinski definition) is 2. The third-order valence-corrected chi connectivity index (χ3v) is 5.68. The maximum absolute atomic E-state index is 14.3. The molecule has 2 N–H and O–H groups in total. The predicted octanol–water partition coefficient (Wildman–Crippen LogP) is 4.37. The molecule has 188 valence electrons. The number of pyridine rings is 2. The van der Waals surface area contributed by atoms with E-state index in [2.05, 4.69) is 30.6 Å². The van der Waals surface area contributed by atoms with Gasteiger partial charge in [-0.3, -0.25) is 9.78 Å². The molecular formula is C23H16ClF3N8O2. The van der Waals surface area contributed by atoms with Gasteiger partial charge in [0.1, 0.15) is 0 Å². The molecule has 4 heterocycles. The molecule has 0 aliphatic carbocycles. The van der Waals surface area contributed by atoms with Crippen molar-refractivity contribution in [2.24, 2.45) is 0 Å². The van der Waals surface area contributed by atoms with Crippen LogP contribution in [0.5, 0.6) is 0 Å². The van der Waals surface area contributed by atoms with Gasteiger partial charge in [0.25, 0.3) is 5.91 Å². The number of nitrogens with one attached hydrogen (secondary N) is 1. The minimum Gasteiger partial charge on any atom is -0.387 e. The summed E-state index contributed by atoms with van der Waals surface area (Å²) < 4.78 is 43.4. The Morgan fingerprint density at radius 2 is 1.76 bits per heavy atom. The number of hydrogen-bond acceptors (Lipinski definition) is 7. The number of aliphatic hydroxyl groups is 1. The van der Waals surface area contributed by atoms with Gasteiger partial charge in [-0.1, -0.05) is 35.9 Å². The van der Waals surface area contributed by atoms with E-state index in [1.54, 1.807) is 24.3 Å². The van der Waals surface area contributed by atoms with Crippen LogP contribution in [0, 0.1) is 0 Å². The van der Waals surface area contributed by atoms with Crippen LogP contribution in [0.2, 0.25) is 5.02 Å². The van der Waals surface area contributed by atoms with Gasteiger partial charge in [-0.2, -0.15) is 28.5 Å². The number of benzene rings is 1. The lowest BCUT2D eigenvalue weighted by molar-refractivity contribution is -0.143. The highest BCUT2D eigenvalue weighted by atomic mass is 35.5. The summed E-state index contributed by atoms with van der Waals surface area (Å²) in [7, 11) is 0. The van der Waals surface area contributed by atoms with Gasteiger partial charge in [-0.25, -0.2) is 9.67 Å². The lowest BCUT2D eigenvalue weighted by Gasteiger charge is -2.16. The third-order valence-electron chi connectivity index (χ3n) is 5.40. The highest BCUT2D eigenvalue weighted by Crippen LogP contribution is 2.36. The summed E-state index contributed by atoms with van der Waals surface area (Å²) in [6.07, 6.45) is 0.162. The fourth-order valence-electron chi connectivity index (χ4n) is 3.84. The second-order valence-corrected chi connectivity index (χ2v) is 8.28. The molecule has 0 saturated carbocycles. The summed E-state index contributed by atoms with van der Waals surface area (Å²) in [6, 6.07) is 7.86. The standard InChI is InChI=1S/C23H16ClF3N8O2/c1-12(36)19-15-5-3-2-4-14(15)18(11-28-19)34-20(23(25,26)27)16(10-32-34)22(37)33-13-8-17(24)21(29-9-13)35-30-6-7-31-35/h2-12,36H,1H3,(H,33,37). The number of alkyl halides is 3. The number of amides is 1. The molecule has 5 aromatic rings. The van der Waals surface area contributed by atoms with Crippen molar-refractivity contribution in [1.29, 1.82) is 0 Å². The van der Waals surface area contributed by atoms with Crippen LogP contribution in [0.15, 0.2) is 61.3 Å². The SMILES string of the molecule is CC(O)c1ncc(-n2ncc(C(=O)Nc3cnc(-n4nccn4)c(Cl)c3)c2C(F)(F)F)c2ccccc12. The molecular weight excluding hydrogens is 513 g/mol. The average molecular weight is 529 g/mol. The second kappa shape index (κ2) is 9.26. The molecule has 1 aromatic carbocycles. The Hall–Kier alpha value is -4.36. The first-order valence-corrected chi connectivity index (χ1v) is 11.1. The Balaban J connectivity index is 1.55. The Bertz CT molecular complexity index is 1620. The summed E-state index contributed by atoms with van der Waals surface area (Å²) in [5, 5.41) is 25.0. The molecule has 1 atom stereocenters. The first-order valence-electron chi connectivity index (χ1n) is 10.7. The summed E-state index contributed by atoms with van der Waals surface area (Å²) in [4.78, 5) is 22.3. The van der Waals surface area contributed by atoms with E-state index in [0.717, 1.165) is 11.0 Å². The van der Waals surface area contributed by atoms with Crippen LogP contribution in [-0.4, -0.2) is 45.8 Å². The van der Waals surface area contributed by atoms with E-state index in [0.29, 0.717) is 21.1 Å². The predicted molar refractivity (Wildman–Crippen MR) is 127 cm³/mol. The highest BCUT2D eigenvalue weighted by molar-refractivity contribution is 6.32. The topological polar surface area (TPSA) is 124 Å². The number of aliphatic hydroxyl groups excluding tert-OH is 1. The number of aromatic nitrogens is 7. The van der Waals surface area contributed by atoms with Gasteiger partial charge in [-0.15, -0.1) is 4.80 Å². The summed E-state index contributed by atoms with van der Waals surface area (Å²) >= 11 is 6.19. The Morgan fingerprint density at radius 3 is 2.41 bits per heavy atom. The average Bonchev–Trinajstić information content (AvgIpc) is 3.54. The van der Waals surface area contributed by atoms with Gasteiger partial charge < -0.3 is 10.4 Å². The van der Waals surface area contributed by atoms with Crippen molar-refractivity contribution in [1.82, 2.24) is 34.7 Å². The van der Waals surface area contributed by atoms with Crippen LogP contribution in [0.4, 0.5) is 18.9 Å². The van der Waals surface area contributed by atoms with Gasteiger partial charge >= 0.3 is 6.18 Å². The van der Waals surface area contributed by atoms with Crippen molar-refractivity contribution < 1.29 is 23.1 Å². The maximum Gasteiger partial charge on any atom is 0.434 e. The zero-order chi connectivity index (χ0) is 26.3. The minimum atomic E-state index is -4.95. The van der Waals surface area contributed by atoms with Crippen molar-refractivity contribution in [2.45, 2.75) is 19.2 Å². The summed E-state index contributed by atoms with van der Waals surface area (Å²) in [5.41, 5.74) is -1.66. The molecule has 14 heteroatoms. The summed E-state index contributed by atoms with van der Waals surface area (Å²) in [5.74, 6) is -0.896. The monoisotopic (exact) mass is 528 g/mol. The minimum absolute atomic E-state index is 0.00726. The van der Waals surface area contributed by atoms with Gasteiger partial charge in [-0.05, 0) is 13.0 Å². The van der Waals surface area contributed by atoms with Crippen LogP contribution in [0.1, 0.15) is 34.8 Å². The molecule has 0 aliphatic heterocycles. The van der Waals surface area contributed by atoms with Crippen LogP contribution in [0.25, 0.3) is 22.3 Å². The molecule has 0 bridgehead atoms. The number of fused-ring (bicyclic) bond motifs is 1. The van der Waals surface area contributed by atoms with Crippen molar-refractivity contribution in [2.75, 3.05) is 5.32 Å². The molecule has 0 spiro atoms. The molecule has 5 rings (SSSR count). The van der Waals surface area contributed by atoms with Crippen molar-refractivity contribution in [3.63, 3.8) is 0 Å². The molecule has 1 unspecified atom stereocenters. The molecule has 0 aliphatic rings. The normalized spacial score (nSPS) is 12.6. The fourth-order valence-corrected chi connectivity index (χ4v) is 4.08. The van der Waals surface area contributed by atoms with E-state index in [4.69, 9.17) is 11.6 Å². The second-order valence-electron chi connectivity index (χ2n) is 7.87. The van der Waals surface area contributed by atoms with Crippen LogP contribution < -0.4 is 5.32 Å². The van der Waals surface area contributed by atoms with Crippen LogP contribution in [0.3, 0.4) is 0 Å². The largest absolute Gasteiger partial charge is 0.434 e. The zero-order valence-corrected chi connectivity index (χ0v) is 19.6. The Morgan fingerprint density at radius 1 is 1.05 bits per heavy atom. The van der Waals surface area contributed by atoms with Crippen molar-refractivity contribution in [3.05, 3.63) is 83.3 Å². The molecule has 0 radical (unpaired) electrons. The fraction of sp³-hybridized carbons (Fsp3) is 0.130. The number of halogens is 4. The molecule has 0 saturated heterocycles. The van der Waals surface area contributed by atoms with E-state index in [1.165, 1.54) is 37.8 Å². The lowest BCUT2D eigenvalue weighted by Crippen LogP contribution is -2.21. The van der Waals surface area contributed by atoms with Crippen molar-refractivity contribution in [3.8, 4) is 11.5 Å². The van der Waals surface area contributed by atoms with Gasteiger partial charge in [0.15, 0.2) is 11.5 Å². The maximum atomic E-state index is 14.3. The third kappa shape index (κ3) is 4.49. The van der Waals surface area contributed by atoms with E-state index >= 15 is 0 Å². The van der Waals surface area contributed by atoms with E-state index in [1.807, 2.05) is 0 Å². The van der Waals surface area contributed by atoms with Crippen LogP contribution >= 0.6 is 11.6 Å². The summed E-state index contributed by atoms with van der Waals surface area (Å²) in [6.45, 7) is 1.51. The number of carbonyl (C=O) groups excluding carboxylic acids is 1. The molecule has 1 amide bonds. The first kappa shape index (κ1) is 24.3. The van der Waals surface area contributed by atoms with E-state index in [9.17, 15) is 23.1 Å². The quantitative estimate of drug-likeness (QED) is 0.347. The number of nitrogens with zero attached hydrogens (tertiary/aromatic N) is 7. The number of carbonyl (C=O) groups is 1. The van der Waals surface area contributed by atoms with Gasteiger partial charge in [0, 0.05) is 10.8 Å². The van der Waals surface area contributed by atoms with Crippen LogP contribution in [-0.2, 0) is 6.18 Å². The van der Waals surface area contributed by atoms with E-state index < -0.39 is 29.4 Å². The Labute approximate surface area is 211 Å². The highest BCUT2D eigenvalue weighted by Gasteiger charge is 2.41. The van der Waals surface area contributed by atoms with Crippen molar-refractivity contribution >= 4 is 34.0 Å². The van der Waals surface area contributed by atoms with E-state index in [-0.39, 0.29) is 22.2 Å². The first-order chi connectivity index (χ1) is 17.6. The van der Waals surface area contributed by atoms with Gasteiger partial charge in [0.05, 0.1) is 64.7 Å². The lowest BCUT2D eigenvalue weighted by atomic mass is 10.1. The zero-order valence-electron chi connectivity index (χ0n) is 18.8. The van der Waals surface area contributed by atoms with Gasteiger partial charge in [0.2, 0.25) is 0 Å². The Kier molecular flexibility index (Phi) is 6.09. The molecule has 0 fully saturated rings.